The SMILES string of the molecule is CC(C)(c1ccccc1)c1ccc(Oc2ccc(C=C(C#N)C(=O)O)cc2)cc1. The molecule has 0 radical (unpaired) electrons. The molecule has 0 amide bonds. The molecule has 0 atom stereocenters. The summed E-state index contributed by atoms with van der Waals surface area (Å²) in [6.45, 7) is 4.38. The first-order valence-corrected chi connectivity index (χ1v) is 9.19. The van der Waals surface area contributed by atoms with Crippen LogP contribution >= 0.6 is 0 Å². The molecule has 4 nitrogen and oxygen atoms in total. The summed E-state index contributed by atoms with van der Waals surface area (Å²) in [7, 11) is 0. The Labute approximate surface area is 170 Å². The summed E-state index contributed by atoms with van der Waals surface area (Å²) < 4.78 is 5.88. The van der Waals surface area contributed by atoms with E-state index >= 15 is 0 Å². The van der Waals surface area contributed by atoms with Crippen LogP contribution in [-0.2, 0) is 10.2 Å². The number of carboxylic acids is 1. The van der Waals surface area contributed by atoms with Gasteiger partial charge in [-0.05, 0) is 47.0 Å². The zero-order chi connectivity index (χ0) is 20.9. The van der Waals surface area contributed by atoms with Gasteiger partial charge in [-0.3, -0.25) is 0 Å². The van der Waals surface area contributed by atoms with Crippen molar-refractivity contribution in [3.63, 3.8) is 0 Å². The lowest BCUT2D eigenvalue weighted by molar-refractivity contribution is -0.132. The predicted molar refractivity (Wildman–Crippen MR) is 113 cm³/mol. The number of carboxylic acid groups (broad SMARTS) is 1. The first kappa shape index (κ1) is 19.9. The lowest BCUT2D eigenvalue weighted by atomic mass is 9.78. The summed E-state index contributed by atoms with van der Waals surface area (Å²) in [5.41, 5.74) is 2.63. The number of carbonyl (C=O) groups is 1. The molecule has 0 saturated heterocycles. The van der Waals surface area contributed by atoms with Crippen molar-refractivity contribution in [1.29, 1.82) is 5.26 Å². The quantitative estimate of drug-likeness (QED) is 0.432. The monoisotopic (exact) mass is 383 g/mol. The van der Waals surface area contributed by atoms with E-state index in [1.165, 1.54) is 17.2 Å². The summed E-state index contributed by atoms with van der Waals surface area (Å²) in [6, 6.07) is 26.9. The van der Waals surface area contributed by atoms with Crippen LogP contribution in [-0.4, -0.2) is 11.1 Å². The van der Waals surface area contributed by atoms with Gasteiger partial charge >= 0.3 is 5.97 Å². The van der Waals surface area contributed by atoms with Gasteiger partial charge in [-0.2, -0.15) is 5.26 Å². The van der Waals surface area contributed by atoms with E-state index in [2.05, 4.69) is 38.1 Å². The Balaban J connectivity index is 1.73. The molecule has 0 bridgehead atoms. The summed E-state index contributed by atoms with van der Waals surface area (Å²) in [4.78, 5) is 10.9. The number of aliphatic carboxylic acids is 1. The average Bonchev–Trinajstić information content (AvgIpc) is 2.74. The van der Waals surface area contributed by atoms with Crippen molar-refractivity contribution in [3.8, 4) is 17.6 Å². The van der Waals surface area contributed by atoms with Crippen LogP contribution in [0.2, 0.25) is 0 Å². The molecule has 0 aliphatic carbocycles. The predicted octanol–water partition coefficient (Wildman–Crippen LogP) is 5.80. The molecule has 1 N–H and O–H groups in total. The molecule has 3 rings (SSSR count). The summed E-state index contributed by atoms with van der Waals surface area (Å²) in [5.74, 6) is 0.0987. The van der Waals surface area contributed by atoms with Gasteiger partial charge in [0, 0.05) is 5.41 Å². The normalized spacial score (nSPS) is 11.6. The van der Waals surface area contributed by atoms with E-state index in [1.54, 1.807) is 30.3 Å². The maximum absolute atomic E-state index is 10.9. The zero-order valence-electron chi connectivity index (χ0n) is 16.3. The molecule has 0 aliphatic heterocycles. The zero-order valence-corrected chi connectivity index (χ0v) is 16.3. The van der Waals surface area contributed by atoms with Crippen LogP contribution < -0.4 is 4.74 Å². The number of rotatable bonds is 6. The van der Waals surface area contributed by atoms with Crippen LogP contribution in [0.3, 0.4) is 0 Å². The number of hydrogen-bond donors (Lipinski definition) is 1. The lowest BCUT2D eigenvalue weighted by Gasteiger charge is -2.26. The molecule has 0 spiro atoms. The molecule has 0 unspecified atom stereocenters. The molecule has 0 aliphatic rings. The molecule has 4 heteroatoms. The highest BCUT2D eigenvalue weighted by Crippen LogP contribution is 2.33. The fourth-order valence-corrected chi connectivity index (χ4v) is 3.04. The van der Waals surface area contributed by atoms with Crippen molar-refractivity contribution >= 4 is 12.0 Å². The van der Waals surface area contributed by atoms with Crippen LogP contribution in [0.5, 0.6) is 11.5 Å². The highest BCUT2D eigenvalue weighted by Gasteiger charge is 2.22. The van der Waals surface area contributed by atoms with Gasteiger partial charge in [0.1, 0.15) is 23.1 Å². The van der Waals surface area contributed by atoms with Gasteiger partial charge in [0.2, 0.25) is 0 Å². The molecule has 0 fully saturated rings. The smallest absolute Gasteiger partial charge is 0.346 e. The Hall–Kier alpha value is -3.84. The third kappa shape index (κ3) is 4.72. The summed E-state index contributed by atoms with van der Waals surface area (Å²) in [5, 5.41) is 17.8. The number of nitrogens with zero attached hydrogens (tertiary/aromatic N) is 1. The maximum atomic E-state index is 10.9. The van der Waals surface area contributed by atoms with Gasteiger partial charge in [0.25, 0.3) is 0 Å². The second-order valence-electron chi connectivity index (χ2n) is 7.16. The largest absolute Gasteiger partial charge is 0.477 e. The van der Waals surface area contributed by atoms with Crippen LogP contribution in [0.4, 0.5) is 0 Å². The Morgan fingerprint density at radius 3 is 1.93 bits per heavy atom. The molecule has 0 aromatic heterocycles. The Kier molecular flexibility index (Phi) is 5.80. The van der Waals surface area contributed by atoms with Gasteiger partial charge in [0.05, 0.1) is 0 Å². The Bertz CT molecular complexity index is 1060. The lowest BCUT2D eigenvalue weighted by Crippen LogP contribution is -2.18. The first-order chi connectivity index (χ1) is 13.9. The second kappa shape index (κ2) is 8.45. The van der Waals surface area contributed by atoms with Crippen LogP contribution in [0.1, 0.15) is 30.5 Å². The Morgan fingerprint density at radius 2 is 1.41 bits per heavy atom. The molecule has 0 saturated carbocycles. The number of hydrogen-bond acceptors (Lipinski definition) is 3. The molecular formula is C25H21NO3. The van der Waals surface area contributed by atoms with E-state index in [-0.39, 0.29) is 11.0 Å². The first-order valence-electron chi connectivity index (χ1n) is 9.19. The molecule has 3 aromatic rings. The molecule has 3 aromatic carbocycles. The Morgan fingerprint density at radius 1 is 0.897 bits per heavy atom. The number of benzene rings is 3. The number of nitriles is 1. The van der Waals surface area contributed by atoms with Gasteiger partial charge in [-0.15, -0.1) is 0 Å². The fraction of sp³-hybridized carbons (Fsp3) is 0.120. The van der Waals surface area contributed by atoms with Crippen molar-refractivity contribution in [1.82, 2.24) is 0 Å². The highest BCUT2D eigenvalue weighted by molar-refractivity contribution is 5.96. The minimum absolute atomic E-state index is 0.115. The van der Waals surface area contributed by atoms with Crippen LogP contribution in [0.15, 0.2) is 84.4 Å². The van der Waals surface area contributed by atoms with E-state index in [9.17, 15) is 4.79 Å². The van der Waals surface area contributed by atoms with Crippen molar-refractivity contribution in [2.45, 2.75) is 19.3 Å². The van der Waals surface area contributed by atoms with Crippen LogP contribution in [0.25, 0.3) is 6.08 Å². The molecule has 144 valence electrons. The summed E-state index contributed by atoms with van der Waals surface area (Å²) >= 11 is 0. The number of ether oxygens (including phenoxy) is 1. The van der Waals surface area contributed by atoms with E-state index in [1.807, 2.05) is 30.3 Å². The minimum atomic E-state index is -1.24. The molecular weight excluding hydrogens is 362 g/mol. The second-order valence-corrected chi connectivity index (χ2v) is 7.16. The van der Waals surface area contributed by atoms with E-state index in [0.29, 0.717) is 17.1 Å². The van der Waals surface area contributed by atoms with E-state index in [4.69, 9.17) is 15.1 Å². The topological polar surface area (TPSA) is 70.3 Å². The third-order valence-electron chi connectivity index (χ3n) is 4.85. The van der Waals surface area contributed by atoms with Crippen molar-refractivity contribution in [2.24, 2.45) is 0 Å². The standard InChI is InChI=1S/C25H21NO3/c1-25(2,20-6-4-3-5-7-20)21-10-14-23(15-11-21)29-22-12-8-18(9-13-22)16-19(17-26)24(27)28/h3-16H,1-2H3,(H,27,28). The minimum Gasteiger partial charge on any atom is -0.477 e. The van der Waals surface area contributed by atoms with E-state index in [0.717, 1.165) is 0 Å². The fourth-order valence-electron chi connectivity index (χ4n) is 3.04. The van der Waals surface area contributed by atoms with Gasteiger partial charge in [-0.25, -0.2) is 4.79 Å². The van der Waals surface area contributed by atoms with E-state index < -0.39 is 5.97 Å². The summed E-state index contributed by atoms with van der Waals surface area (Å²) in [6.07, 6.45) is 1.33. The maximum Gasteiger partial charge on any atom is 0.346 e. The van der Waals surface area contributed by atoms with Gasteiger partial charge in [-0.1, -0.05) is 68.4 Å². The van der Waals surface area contributed by atoms with Crippen molar-refractivity contribution in [3.05, 3.63) is 101 Å². The average molecular weight is 383 g/mol. The highest BCUT2D eigenvalue weighted by atomic mass is 16.5. The van der Waals surface area contributed by atoms with Crippen molar-refractivity contribution < 1.29 is 14.6 Å². The molecule has 0 heterocycles. The third-order valence-corrected chi connectivity index (χ3v) is 4.85. The van der Waals surface area contributed by atoms with Gasteiger partial charge < -0.3 is 9.84 Å². The molecule has 29 heavy (non-hydrogen) atoms. The van der Waals surface area contributed by atoms with Gasteiger partial charge in [0.15, 0.2) is 0 Å². The van der Waals surface area contributed by atoms with Crippen LogP contribution in [0, 0.1) is 11.3 Å². The van der Waals surface area contributed by atoms with Crippen molar-refractivity contribution in [2.75, 3.05) is 0 Å².